The molecule has 1 aromatic rings. The summed E-state index contributed by atoms with van der Waals surface area (Å²) in [4.78, 5) is 17.3. The second kappa shape index (κ2) is 5.83. The lowest BCUT2D eigenvalue weighted by atomic mass is 9.81. The van der Waals surface area contributed by atoms with E-state index in [-0.39, 0.29) is 12.0 Å². The maximum absolute atomic E-state index is 12.8. The van der Waals surface area contributed by atoms with Crippen LogP contribution in [-0.2, 0) is 11.2 Å². The summed E-state index contributed by atoms with van der Waals surface area (Å²) in [6.07, 6.45) is 9.60. The van der Waals surface area contributed by atoms with Crippen LogP contribution >= 0.6 is 0 Å². The fraction of sp³-hybridized carbons (Fsp3) is 0.625. The number of hydrogen-bond acceptors (Lipinski definition) is 3. The number of carbonyl (C=O) groups excluding carboxylic acids is 1. The van der Waals surface area contributed by atoms with Gasteiger partial charge in [0.1, 0.15) is 0 Å². The van der Waals surface area contributed by atoms with Gasteiger partial charge in [-0.2, -0.15) is 0 Å². The number of pyridine rings is 1. The van der Waals surface area contributed by atoms with E-state index in [1.807, 2.05) is 12.3 Å². The van der Waals surface area contributed by atoms with Crippen molar-refractivity contribution in [3.63, 3.8) is 0 Å². The summed E-state index contributed by atoms with van der Waals surface area (Å²) in [6, 6.07) is 4.16. The van der Waals surface area contributed by atoms with E-state index < -0.39 is 0 Å². The number of nitrogens with one attached hydrogen (secondary N) is 1. The van der Waals surface area contributed by atoms with Crippen LogP contribution in [0.1, 0.15) is 55.7 Å². The highest BCUT2D eigenvalue weighted by atomic mass is 16.1. The minimum Gasteiger partial charge on any atom is -0.307 e. The Morgan fingerprint density at radius 2 is 2.16 bits per heavy atom. The molecule has 1 aromatic heterocycles. The van der Waals surface area contributed by atoms with Gasteiger partial charge < -0.3 is 5.32 Å². The number of fused-ring (bicyclic) bond motifs is 1. The van der Waals surface area contributed by atoms with Crippen molar-refractivity contribution in [1.29, 1.82) is 0 Å². The first-order valence-corrected chi connectivity index (χ1v) is 7.57. The number of aryl methyl sites for hydroxylation is 1. The Balaban J connectivity index is 1.80. The molecule has 19 heavy (non-hydrogen) atoms. The average Bonchev–Trinajstić information content (AvgIpc) is 2.75. The van der Waals surface area contributed by atoms with Crippen molar-refractivity contribution < 1.29 is 4.79 Å². The van der Waals surface area contributed by atoms with Gasteiger partial charge in [0.05, 0.1) is 17.7 Å². The monoisotopic (exact) mass is 258 g/mol. The van der Waals surface area contributed by atoms with Crippen LogP contribution in [-0.4, -0.2) is 23.4 Å². The van der Waals surface area contributed by atoms with E-state index in [9.17, 15) is 4.79 Å². The molecule has 3 nitrogen and oxygen atoms in total. The highest BCUT2D eigenvalue weighted by Gasteiger charge is 2.32. The van der Waals surface area contributed by atoms with Crippen LogP contribution in [0.15, 0.2) is 18.3 Å². The summed E-state index contributed by atoms with van der Waals surface area (Å²) in [5.41, 5.74) is 2.32. The highest BCUT2D eigenvalue weighted by molar-refractivity contribution is 5.90. The van der Waals surface area contributed by atoms with E-state index >= 15 is 0 Å². The van der Waals surface area contributed by atoms with Crippen LogP contribution < -0.4 is 5.32 Å². The zero-order chi connectivity index (χ0) is 13.1. The summed E-state index contributed by atoms with van der Waals surface area (Å²) >= 11 is 0. The van der Waals surface area contributed by atoms with Crippen molar-refractivity contribution in [2.45, 2.75) is 56.9 Å². The molecule has 2 heterocycles. The third-order valence-electron chi connectivity index (χ3n) is 4.44. The lowest BCUT2D eigenvalue weighted by molar-refractivity contribution is -0.123. The molecular formula is C16H22N2O. The van der Waals surface area contributed by atoms with E-state index in [0.29, 0.717) is 5.78 Å². The molecule has 2 unspecified atom stereocenters. The Kier molecular flexibility index (Phi) is 3.92. The molecule has 1 fully saturated rings. The number of ketones is 1. The number of nitrogens with zero attached hydrogens (tertiary/aromatic N) is 1. The van der Waals surface area contributed by atoms with Crippen LogP contribution in [0.25, 0.3) is 0 Å². The minimum absolute atomic E-state index is 0.0283. The smallest absolute Gasteiger partial charge is 0.158 e. The normalized spacial score (nSPS) is 27.4. The van der Waals surface area contributed by atoms with Gasteiger partial charge in [-0.1, -0.05) is 18.9 Å². The molecule has 0 amide bonds. The first-order valence-electron chi connectivity index (χ1n) is 7.57. The van der Waals surface area contributed by atoms with Crippen molar-refractivity contribution in [3.05, 3.63) is 29.6 Å². The fourth-order valence-electron chi connectivity index (χ4n) is 3.40. The van der Waals surface area contributed by atoms with Gasteiger partial charge in [-0.25, -0.2) is 0 Å². The van der Waals surface area contributed by atoms with Crippen molar-refractivity contribution in [2.24, 2.45) is 0 Å². The summed E-state index contributed by atoms with van der Waals surface area (Å²) in [5, 5.41) is 3.43. The minimum atomic E-state index is 0.0283. The topological polar surface area (TPSA) is 42.0 Å². The standard InChI is InChI=1S/C16H22N2O/c19-16(14-9-2-1-3-10-17-14)13-8-4-6-12-7-5-11-18-15(12)13/h5,7,11,13-14,17H,1-4,6,8-10H2. The largest absolute Gasteiger partial charge is 0.307 e. The molecule has 1 N–H and O–H groups in total. The molecule has 3 rings (SSSR count). The Hall–Kier alpha value is -1.22. The van der Waals surface area contributed by atoms with Crippen LogP contribution in [0.5, 0.6) is 0 Å². The molecule has 0 aromatic carbocycles. The van der Waals surface area contributed by atoms with Gasteiger partial charge in [0.15, 0.2) is 5.78 Å². The molecule has 2 aliphatic rings. The third kappa shape index (κ3) is 2.71. The first kappa shape index (κ1) is 12.8. The van der Waals surface area contributed by atoms with Gasteiger partial charge in [0, 0.05) is 6.20 Å². The zero-order valence-corrected chi connectivity index (χ0v) is 11.4. The molecule has 0 radical (unpaired) electrons. The molecule has 1 saturated heterocycles. The number of carbonyl (C=O) groups is 1. The third-order valence-corrected chi connectivity index (χ3v) is 4.44. The summed E-state index contributed by atoms with van der Waals surface area (Å²) < 4.78 is 0. The molecule has 1 aliphatic heterocycles. The first-order chi connectivity index (χ1) is 9.36. The van der Waals surface area contributed by atoms with Crippen LogP contribution in [0.3, 0.4) is 0 Å². The van der Waals surface area contributed by atoms with Crippen molar-refractivity contribution in [2.75, 3.05) is 6.54 Å². The van der Waals surface area contributed by atoms with E-state index in [1.165, 1.54) is 24.8 Å². The van der Waals surface area contributed by atoms with Crippen molar-refractivity contribution in [3.8, 4) is 0 Å². The lowest BCUT2D eigenvalue weighted by Crippen LogP contribution is -2.40. The number of rotatable bonds is 2. The maximum Gasteiger partial charge on any atom is 0.158 e. The molecule has 102 valence electrons. The van der Waals surface area contributed by atoms with Crippen LogP contribution in [0.4, 0.5) is 0 Å². The lowest BCUT2D eigenvalue weighted by Gasteiger charge is -2.26. The number of hydrogen-bond donors (Lipinski definition) is 1. The zero-order valence-electron chi connectivity index (χ0n) is 11.4. The SMILES string of the molecule is O=C(C1CCCCCN1)C1CCCc2cccnc21. The Bertz CT molecular complexity index is 450. The molecular weight excluding hydrogens is 236 g/mol. The van der Waals surface area contributed by atoms with Crippen LogP contribution in [0, 0.1) is 0 Å². The summed E-state index contributed by atoms with van der Waals surface area (Å²) in [6.45, 7) is 0.984. The number of aromatic nitrogens is 1. The van der Waals surface area contributed by atoms with Crippen LogP contribution in [0.2, 0.25) is 0 Å². The predicted octanol–water partition coefficient (Wildman–Crippen LogP) is 2.60. The Morgan fingerprint density at radius 1 is 1.21 bits per heavy atom. The van der Waals surface area contributed by atoms with Gasteiger partial charge in [-0.05, 0) is 50.3 Å². The molecule has 0 spiro atoms. The maximum atomic E-state index is 12.8. The Morgan fingerprint density at radius 3 is 3.11 bits per heavy atom. The van der Waals surface area contributed by atoms with Gasteiger partial charge in [-0.3, -0.25) is 9.78 Å². The summed E-state index contributed by atoms with van der Waals surface area (Å²) in [5.74, 6) is 0.405. The van der Waals surface area contributed by atoms with E-state index in [4.69, 9.17) is 0 Å². The molecule has 0 bridgehead atoms. The van der Waals surface area contributed by atoms with E-state index in [1.54, 1.807) is 0 Å². The van der Waals surface area contributed by atoms with Gasteiger partial charge in [0.25, 0.3) is 0 Å². The second-order valence-corrected chi connectivity index (χ2v) is 5.75. The average molecular weight is 258 g/mol. The Labute approximate surface area is 114 Å². The predicted molar refractivity (Wildman–Crippen MR) is 75.2 cm³/mol. The highest BCUT2D eigenvalue weighted by Crippen LogP contribution is 2.32. The van der Waals surface area contributed by atoms with Gasteiger partial charge in [-0.15, -0.1) is 0 Å². The number of Topliss-reactive ketones (excluding diaryl/α,β-unsaturated/α-hetero) is 1. The molecule has 2 atom stereocenters. The quantitative estimate of drug-likeness (QED) is 0.886. The fourth-order valence-corrected chi connectivity index (χ4v) is 3.40. The molecule has 0 saturated carbocycles. The van der Waals surface area contributed by atoms with Crippen molar-refractivity contribution >= 4 is 5.78 Å². The van der Waals surface area contributed by atoms with Crippen molar-refractivity contribution in [1.82, 2.24) is 10.3 Å². The molecule has 3 heteroatoms. The van der Waals surface area contributed by atoms with E-state index in [2.05, 4.69) is 16.4 Å². The van der Waals surface area contributed by atoms with E-state index in [0.717, 1.165) is 37.9 Å². The van der Waals surface area contributed by atoms with Gasteiger partial charge >= 0.3 is 0 Å². The molecule has 1 aliphatic carbocycles. The second-order valence-electron chi connectivity index (χ2n) is 5.75. The van der Waals surface area contributed by atoms with Gasteiger partial charge in [0.2, 0.25) is 0 Å². The summed E-state index contributed by atoms with van der Waals surface area (Å²) in [7, 11) is 0.